The van der Waals surface area contributed by atoms with Crippen molar-refractivity contribution in [3.05, 3.63) is 35.9 Å². The van der Waals surface area contributed by atoms with Crippen LogP contribution in [-0.4, -0.2) is 35.7 Å². The molecule has 6 nitrogen and oxygen atoms in total. The van der Waals surface area contributed by atoms with Crippen molar-refractivity contribution in [1.29, 1.82) is 0 Å². The Bertz CT molecular complexity index is 701. The highest BCUT2D eigenvalue weighted by Gasteiger charge is 2.52. The molecule has 1 rings (SSSR count). The standard InChI is InChI=1S/C22H30O6/c1-6-27-18(24)14-10-11-15-22(16(2)23,20(26)28-21(3,4)5)19(25)17-12-8-7-9-13-17/h7-9,12-13H,6,10-11,14-15H2,1-5H3. The van der Waals surface area contributed by atoms with Crippen molar-refractivity contribution >= 4 is 23.5 Å². The van der Waals surface area contributed by atoms with Crippen molar-refractivity contribution in [2.24, 2.45) is 5.41 Å². The monoisotopic (exact) mass is 390 g/mol. The first-order valence-electron chi connectivity index (χ1n) is 9.54. The largest absolute Gasteiger partial charge is 0.466 e. The molecule has 0 aromatic heterocycles. The fourth-order valence-corrected chi connectivity index (χ4v) is 2.88. The van der Waals surface area contributed by atoms with Gasteiger partial charge in [-0.3, -0.25) is 19.2 Å². The van der Waals surface area contributed by atoms with Crippen LogP contribution in [-0.2, 0) is 23.9 Å². The predicted molar refractivity (Wildman–Crippen MR) is 105 cm³/mol. The summed E-state index contributed by atoms with van der Waals surface area (Å²) in [5.41, 5.74) is -2.50. The average Bonchev–Trinajstić information content (AvgIpc) is 2.60. The van der Waals surface area contributed by atoms with Crippen LogP contribution < -0.4 is 0 Å². The van der Waals surface area contributed by atoms with Crippen LogP contribution >= 0.6 is 0 Å². The molecule has 0 fully saturated rings. The van der Waals surface area contributed by atoms with Gasteiger partial charge in [0, 0.05) is 12.0 Å². The van der Waals surface area contributed by atoms with Gasteiger partial charge in [-0.05, 0) is 47.5 Å². The molecule has 1 aromatic rings. The number of benzene rings is 1. The molecule has 0 N–H and O–H groups in total. The van der Waals surface area contributed by atoms with Crippen molar-refractivity contribution in [3.8, 4) is 0 Å². The first-order valence-corrected chi connectivity index (χ1v) is 9.54. The number of hydrogen-bond donors (Lipinski definition) is 0. The van der Waals surface area contributed by atoms with E-state index in [1.54, 1.807) is 58.0 Å². The fraction of sp³-hybridized carbons (Fsp3) is 0.545. The molecule has 0 radical (unpaired) electrons. The van der Waals surface area contributed by atoms with Gasteiger partial charge in [-0.1, -0.05) is 36.8 Å². The van der Waals surface area contributed by atoms with Crippen LogP contribution in [0.5, 0.6) is 0 Å². The van der Waals surface area contributed by atoms with E-state index in [1.807, 2.05) is 0 Å². The molecule has 0 heterocycles. The number of ether oxygens (including phenoxy) is 2. The van der Waals surface area contributed by atoms with Gasteiger partial charge in [-0.25, -0.2) is 0 Å². The summed E-state index contributed by atoms with van der Waals surface area (Å²) < 4.78 is 10.3. The second-order valence-electron chi connectivity index (χ2n) is 7.67. The second-order valence-corrected chi connectivity index (χ2v) is 7.67. The Labute approximate surface area is 166 Å². The Kier molecular flexibility index (Phi) is 8.54. The number of unbranched alkanes of at least 4 members (excludes halogenated alkanes) is 1. The highest BCUT2D eigenvalue weighted by atomic mass is 16.6. The topological polar surface area (TPSA) is 86.7 Å². The predicted octanol–water partition coefficient (Wildman–Crippen LogP) is 3.91. The fourth-order valence-electron chi connectivity index (χ4n) is 2.88. The summed E-state index contributed by atoms with van der Waals surface area (Å²) in [5.74, 6) is -2.34. The second kappa shape index (κ2) is 10.2. The van der Waals surface area contributed by atoms with Crippen LogP contribution in [0.25, 0.3) is 0 Å². The molecule has 0 aliphatic rings. The van der Waals surface area contributed by atoms with E-state index >= 15 is 0 Å². The third-order valence-corrected chi connectivity index (χ3v) is 4.26. The van der Waals surface area contributed by atoms with Crippen LogP contribution in [0.4, 0.5) is 0 Å². The molecule has 0 aliphatic heterocycles. The molecule has 0 aliphatic carbocycles. The Hall–Kier alpha value is -2.50. The molecule has 0 saturated heterocycles. The van der Waals surface area contributed by atoms with Gasteiger partial charge in [0.25, 0.3) is 0 Å². The lowest BCUT2D eigenvalue weighted by molar-refractivity contribution is -0.167. The van der Waals surface area contributed by atoms with E-state index in [1.165, 1.54) is 6.92 Å². The molecule has 28 heavy (non-hydrogen) atoms. The number of carbonyl (C=O) groups is 4. The summed E-state index contributed by atoms with van der Waals surface area (Å²) in [6.07, 6.45) is 0.870. The Morgan fingerprint density at radius 3 is 2.07 bits per heavy atom. The molecule has 1 aromatic carbocycles. The minimum atomic E-state index is -1.93. The minimum absolute atomic E-state index is 0.0234. The molecule has 6 heteroatoms. The quantitative estimate of drug-likeness (QED) is 0.261. The van der Waals surface area contributed by atoms with E-state index in [0.29, 0.717) is 19.4 Å². The molecule has 0 spiro atoms. The molecular formula is C22H30O6. The van der Waals surface area contributed by atoms with Crippen molar-refractivity contribution in [1.82, 2.24) is 0 Å². The van der Waals surface area contributed by atoms with Gasteiger partial charge in [0.1, 0.15) is 5.60 Å². The molecule has 1 unspecified atom stereocenters. The van der Waals surface area contributed by atoms with E-state index in [2.05, 4.69) is 0 Å². The summed E-state index contributed by atoms with van der Waals surface area (Å²) in [6.45, 7) is 8.30. The van der Waals surface area contributed by atoms with Gasteiger partial charge in [0.05, 0.1) is 6.61 Å². The lowest BCUT2D eigenvalue weighted by atomic mass is 9.73. The minimum Gasteiger partial charge on any atom is -0.466 e. The zero-order valence-corrected chi connectivity index (χ0v) is 17.4. The maximum atomic E-state index is 13.3. The third-order valence-electron chi connectivity index (χ3n) is 4.26. The lowest BCUT2D eigenvalue weighted by Gasteiger charge is -2.31. The van der Waals surface area contributed by atoms with E-state index in [-0.39, 0.29) is 24.4 Å². The highest BCUT2D eigenvalue weighted by Crippen LogP contribution is 2.34. The number of ketones is 2. The first kappa shape index (κ1) is 23.5. The van der Waals surface area contributed by atoms with E-state index in [9.17, 15) is 19.2 Å². The van der Waals surface area contributed by atoms with Crippen LogP contribution in [0.15, 0.2) is 30.3 Å². The van der Waals surface area contributed by atoms with Crippen LogP contribution in [0.2, 0.25) is 0 Å². The molecule has 1 atom stereocenters. The maximum absolute atomic E-state index is 13.3. The summed E-state index contributed by atoms with van der Waals surface area (Å²) >= 11 is 0. The number of rotatable bonds is 10. The molecule has 0 bridgehead atoms. The maximum Gasteiger partial charge on any atom is 0.328 e. The zero-order chi connectivity index (χ0) is 21.4. The van der Waals surface area contributed by atoms with Crippen molar-refractivity contribution in [2.45, 2.75) is 65.9 Å². The van der Waals surface area contributed by atoms with Gasteiger partial charge in [0.15, 0.2) is 17.0 Å². The van der Waals surface area contributed by atoms with E-state index in [4.69, 9.17) is 9.47 Å². The molecule has 0 saturated carbocycles. The molecular weight excluding hydrogens is 360 g/mol. The van der Waals surface area contributed by atoms with Crippen LogP contribution in [0.1, 0.15) is 70.7 Å². The Morgan fingerprint density at radius 1 is 0.964 bits per heavy atom. The molecule has 0 amide bonds. The SMILES string of the molecule is CCOC(=O)CCCCC(C(C)=O)(C(=O)OC(C)(C)C)C(=O)c1ccccc1. The van der Waals surface area contributed by atoms with E-state index < -0.39 is 28.6 Å². The van der Waals surface area contributed by atoms with Gasteiger partial charge in [-0.2, -0.15) is 0 Å². The van der Waals surface area contributed by atoms with Crippen molar-refractivity contribution < 1.29 is 28.7 Å². The number of Topliss-reactive ketones (excluding diaryl/α,β-unsaturated/α-hetero) is 2. The third kappa shape index (κ3) is 6.29. The molecule has 154 valence electrons. The van der Waals surface area contributed by atoms with Crippen LogP contribution in [0, 0.1) is 5.41 Å². The van der Waals surface area contributed by atoms with Gasteiger partial charge >= 0.3 is 11.9 Å². The van der Waals surface area contributed by atoms with Gasteiger partial charge in [0.2, 0.25) is 0 Å². The summed E-state index contributed by atoms with van der Waals surface area (Å²) in [5, 5.41) is 0. The Morgan fingerprint density at radius 2 is 1.57 bits per heavy atom. The van der Waals surface area contributed by atoms with Crippen LogP contribution in [0.3, 0.4) is 0 Å². The Balaban J connectivity index is 3.15. The first-order chi connectivity index (χ1) is 13.0. The highest BCUT2D eigenvalue weighted by molar-refractivity contribution is 6.26. The summed E-state index contributed by atoms with van der Waals surface area (Å²) in [7, 11) is 0. The average molecular weight is 390 g/mol. The summed E-state index contributed by atoms with van der Waals surface area (Å²) in [6, 6.07) is 8.24. The summed E-state index contributed by atoms with van der Waals surface area (Å²) in [4.78, 5) is 50.4. The van der Waals surface area contributed by atoms with Crippen molar-refractivity contribution in [3.63, 3.8) is 0 Å². The lowest BCUT2D eigenvalue weighted by Crippen LogP contribution is -2.48. The zero-order valence-electron chi connectivity index (χ0n) is 17.4. The smallest absolute Gasteiger partial charge is 0.328 e. The van der Waals surface area contributed by atoms with E-state index in [0.717, 1.165) is 0 Å². The number of esters is 2. The normalized spacial score (nSPS) is 13.3. The van der Waals surface area contributed by atoms with Crippen molar-refractivity contribution in [2.75, 3.05) is 6.61 Å². The van der Waals surface area contributed by atoms with Gasteiger partial charge < -0.3 is 9.47 Å². The number of carbonyl (C=O) groups excluding carboxylic acids is 4. The van der Waals surface area contributed by atoms with Gasteiger partial charge in [-0.15, -0.1) is 0 Å². The number of hydrogen-bond acceptors (Lipinski definition) is 6.